The molecule has 1 fully saturated rings. The van der Waals surface area contributed by atoms with Crippen LogP contribution in [0.15, 0.2) is 30.6 Å². The van der Waals surface area contributed by atoms with Crippen LogP contribution in [0.2, 0.25) is 0 Å². The Morgan fingerprint density at radius 1 is 1.25 bits per heavy atom. The van der Waals surface area contributed by atoms with Crippen molar-refractivity contribution in [2.45, 2.75) is 18.9 Å². The summed E-state index contributed by atoms with van der Waals surface area (Å²) in [6.45, 7) is 1.35. The van der Waals surface area contributed by atoms with E-state index in [1.807, 2.05) is 10.9 Å². The van der Waals surface area contributed by atoms with Crippen molar-refractivity contribution in [1.82, 2.24) is 19.9 Å². The van der Waals surface area contributed by atoms with Gasteiger partial charge in [-0.1, -0.05) is 5.21 Å². The highest BCUT2D eigenvalue weighted by Gasteiger charge is 2.24. The summed E-state index contributed by atoms with van der Waals surface area (Å²) in [6, 6.07) is 5.47. The number of hydrogen-bond donors (Lipinski definition) is 1. The average Bonchev–Trinajstić information content (AvgIpc) is 3.16. The number of amides is 2. The summed E-state index contributed by atoms with van der Waals surface area (Å²) in [5.41, 5.74) is 0.627. The number of likely N-dealkylation sites (tertiary alicyclic amines) is 1. The van der Waals surface area contributed by atoms with Crippen LogP contribution >= 0.6 is 0 Å². The third kappa shape index (κ3) is 3.42. The van der Waals surface area contributed by atoms with Gasteiger partial charge in [-0.3, -0.25) is 0 Å². The SMILES string of the molecule is COc1ccc(NC(=O)N2CCC(n3ccnn3)CC2)c(OC)c1. The highest BCUT2D eigenvalue weighted by molar-refractivity contribution is 5.91. The molecule has 128 valence electrons. The highest BCUT2D eigenvalue weighted by atomic mass is 16.5. The fourth-order valence-electron chi connectivity index (χ4n) is 2.84. The lowest BCUT2D eigenvalue weighted by Crippen LogP contribution is -2.41. The lowest BCUT2D eigenvalue weighted by atomic mass is 10.1. The minimum absolute atomic E-state index is 0.129. The van der Waals surface area contributed by atoms with Gasteiger partial charge in [0, 0.05) is 25.4 Å². The van der Waals surface area contributed by atoms with Gasteiger partial charge in [0.15, 0.2) is 0 Å². The summed E-state index contributed by atoms with van der Waals surface area (Å²) in [6.07, 6.45) is 5.25. The van der Waals surface area contributed by atoms with Crippen molar-refractivity contribution >= 4 is 11.7 Å². The molecule has 2 heterocycles. The normalized spacial score (nSPS) is 15.2. The Hall–Kier alpha value is -2.77. The van der Waals surface area contributed by atoms with Crippen LogP contribution in [-0.2, 0) is 0 Å². The Bertz CT molecular complexity index is 681. The number of urea groups is 1. The van der Waals surface area contributed by atoms with Crippen molar-refractivity contribution in [3.05, 3.63) is 30.6 Å². The Morgan fingerprint density at radius 2 is 2.04 bits per heavy atom. The first-order valence-corrected chi connectivity index (χ1v) is 7.85. The molecule has 0 radical (unpaired) electrons. The Kier molecular flexibility index (Phi) is 4.83. The van der Waals surface area contributed by atoms with E-state index in [-0.39, 0.29) is 6.03 Å². The van der Waals surface area contributed by atoms with Crippen LogP contribution in [-0.4, -0.2) is 53.2 Å². The van der Waals surface area contributed by atoms with Gasteiger partial charge in [-0.15, -0.1) is 5.10 Å². The van der Waals surface area contributed by atoms with Gasteiger partial charge in [0.05, 0.1) is 32.1 Å². The number of nitrogens with zero attached hydrogens (tertiary/aromatic N) is 4. The van der Waals surface area contributed by atoms with E-state index in [0.29, 0.717) is 36.3 Å². The number of ether oxygens (including phenoxy) is 2. The van der Waals surface area contributed by atoms with Gasteiger partial charge in [-0.05, 0) is 25.0 Å². The molecule has 0 unspecified atom stereocenters. The zero-order chi connectivity index (χ0) is 16.9. The minimum atomic E-state index is -0.129. The van der Waals surface area contributed by atoms with Gasteiger partial charge >= 0.3 is 6.03 Å². The van der Waals surface area contributed by atoms with E-state index in [2.05, 4.69) is 15.6 Å². The van der Waals surface area contributed by atoms with Crippen molar-refractivity contribution in [3.8, 4) is 11.5 Å². The second-order valence-corrected chi connectivity index (χ2v) is 5.60. The summed E-state index contributed by atoms with van der Waals surface area (Å²) < 4.78 is 12.3. The standard InChI is InChI=1S/C16H21N5O3/c1-23-13-3-4-14(15(11-13)24-2)18-16(22)20-8-5-12(6-9-20)21-10-7-17-19-21/h3-4,7,10-12H,5-6,8-9H2,1-2H3,(H,18,22). The van der Waals surface area contributed by atoms with Crippen molar-refractivity contribution in [3.63, 3.8) is 0 Å². The quantitative estimate of drug-likeness (QED) is 0.928. The molecule has 3 rings (SSSR count). The molecular weight excluding hydrogens is 310 g/mol. The fraction of sp³-hybridized carbons (Fsp3) is 0.438. The van der Waals surface area contributed by atoms with Crippen LogP contribution in [0.1, 0.15) is 18.9 Å². The summed E-state index contributed by atoms with van der Waals surface area (Å²) in [4.78, 5) is 14.3. The molecule has 8 heteroatoms. The Morgan fingerprint density at radius 3 is 2.67 bits per heavy atom. The number of aromatic nitrogens is 3. The first-order valence-electron chi connectivity index (χ1n) is 7.85. The number of carbonyl (C=O) groups excluding carboxylic acids is 1. The molecule has 0 aliphatic carbocycles. The lowest BCUT2D eigenvalue weighted by molar-refractivity contribution is 0.179. The summed E-state index contributed by atoms with van der Waals surface area (Å²) >= 11 is 0. The molecule has 1 aliphatic heterocycles. The fourth-order valence-corrected chi connectivity index (χ4v) is 2.84. The van der Waals surface area contributed by atoms with Crippen LogP contribution in [0.5, 0.6) is 11.5 Å². The number of nitrogens with one attached hydrogen (secondary N) is 1. The molecule has 1 saturated heterocycles. The number of methoxy groups -OCH3 is 2. The molecule has 2 aromatic rings. The summed E-state index contributed by atoms with van der Waals surface area (Å²) in [5.74, 6) is 1.25. The molecule has 1 aromatic heterocycles. The first kappa shape index (κ1) is 16.1. The van der Waals surface area contributed by atoms with Crippen LogP contribution < -0.4 is 14.8 Å². The smallest absolute Gasteiger partial charge is 0.321 e. The minimum Gasteiger partial charge on any atom is -0.497 e. The van der Waals surface area contributed by atoms with E-state index in [1.54, 1.807) is 43.5 Å². The van der Waals surface area contributed by atoms with Crippen molar-refractivity contribution < 1.29 is 14.3 Å². The van der Waals surface area contributed by atoms with E-state index in [4.69, 9.17) is 9.47 Å². The zero-order valence-electron chi connectivity index (χ0n) is 13.8. The maximum absolute atomic E-state index is 12.5. The molecule has 1 aliphatic rings. The number of rotatable bonds is 4. The monoisotopic (exact) mass is 331 g/mol. The number of piperidine rings is 1. The third-order valence-electron chi connectivity index (χ3n) is 4.22. The molecule has 2 amide bonds. The van der Waals surface area contributed by atoms with E-state index in [0.717, 1.165) is 12.8 Å². The molecule has 0 saturated carbocycles. The molecular formula is C16H21N5O3. The predicted octanol–water partition coefficient (Wildman–Crippen LogP) is 2.16. The van der Waals surface area contributed by atoms with Crippen LogP contribution in [0.25, 0.3) is 0 Å². The number of carbonyl (C=O) groups is 1. The van der Waals surface area contributed by atoms with Crippen LogP contribution in [0, 0.1) is 0 Å². The summed E-state index contributed by atoms with van der Waals surface area (Å²) in [7, 11) is 3.15. The van der Waals surface area contributed by atoms with Crippen LogP contribution in [0.4, 0.5) is 10.5 Å². The Balaban J connectivity index is 1.60. The van der Waals surface area contributed by atoms with Gasteiger partial charge in [-0.2, -0.15) is 0 Å². The lowest BCUT2D eigenvalue weighted by Gasteiger charge is -2.32. The van der Waals surface area contributed by atoms with Crippen molar-refractivity contribution in [2.75, 3.05) is 32.6 Å². The van der Waals surface area contributed by atoms with E-state index >= 15 is 0 Å². The molecule has 0 spiro atoms. The zero-order valence-corrected chi connectivity index (χ0v) is 13.8. The van der Waals surface area contributed by atoms with Gasteiger partial charge in [-0.25, -0.2) is 9.48 Å². The largest absolute Gasteiger partial charge is 0.497 e. The van der Waals surface area contributed by atoms with Crippen molar-refractivity contribution in [1.29, 1.82) is 0 Å². The highest BCUT2D eigenvalue weighted by Crippen LogP contribution is 2.30. The average molecular weight is 331 g/mol. The third-order valence-corrected chi connectivity index (χ3v) is 4.22. The van der Waals surface area contributed by atoms with Gasteiger partial charge in [0.2, 0.25) is 0 Å². The molecule has 0 atom stereocenters. The van der Waals surface area contributed by atoms with Gasteiger partial charge in [0.25, 0.3) is 0 Å². The van der Waals surface area contributed by atoms with E-state index in [9.17, 15) is 4.79 Å². The number of anilines is 1. The van der Waals surface area contributed by atoms with Crippen molar-refractivity contribution in [2.24, 2.45) is 0 Å². The predicted molar refractivity (Wildman–Crippen MR) is 88.4 cm³/mol. The number of hydrogen-bond acceptors (Lipinski definition) is 5. The van der Waals surface area contributed by atoms with E-state index < -0.39 is 0 Å². The topological polar surface area (TPSA) is 81.5 Å². The molecule has 1 aromatic carbocycles. The Labute approximate surface area is 140 Å². The maximum atomic E-state index is 12.5. The van der Waals surface area contributed by atoms with Gasteiger partial charge in [0.1, 0.15) is 11.5 Å². The molecule has 0 bridgehead atoms. The van der Waals surface area contributed by atoms with Crippen LogP contribution in [0.3, 0.4) is 0 Å². The van der Waals surface area contributed by atoms with E-state index in [1.165, 1.54) is 0 Å². The van der Waals surface area contributed by atoms with Gasteiger partial charge < -0.3 is 19.7 Å². The maximum Gasteiger partial charge on any atom is 0.321 e. The molecule has 8 nitrogen and oxygen atoms in total. The molecule has 24 heavy (non-hydrogen) atoms. The summed E-state index contributed by atoms with van der Waals surface area (Å²) in [5, 5.41) is 10.8. The first-order chi connectivity index (χ1) is 11.7. The second-order valence-electron chi connectivity index (χ2n) is 5.60. The molecule has 1 N–H and O–H groups in total. The number of benzene rings is 1. The second kappa shape index (κ2) is 7.20.